The molecule has 1 fully saturated rings. The molecular formula is C25H37N3O4S. The van der Waals surface area contributed by atoms with Crippen molar-refractivity contribution in [1.82, 2.24) is 15.2 Å². The highest BCUT2D eigenvalue weighted by Gasteiger charge is 2.21. The predicted molar refractivity (Wildman–Crippen MR) is 133 cm³/mol. The van der Waals surface area contributed by atoms with Crippen molar-refractivity contribution in [2.45, 2.75) is 39.4 Å². The van der Waals surface area contributed by atoms with Crippen LogP contribution < -0.4 is 14.8 Å². The zero-order valence-electron chi connectivity index (χ0n) is 20.5. The van der Waals surface area contributed by atoms with Crippen molar-refractivity contribution in [2.24, 2.45) is 11.8 Å². The SMILES string of the molecule is COc1ccc(-c2nc(CSCC(=O)NCCCN3CC(C)CC(C)C3)c(C)o2)cc1OC. The minimum absolute atomic E-state index is 0.0710. The number of nitrogens with one attached hydrogen (secondary N) is 1. The number of benzene rings is 1. The molecule has 1 aromatic carbocycles. The number of thioether (sulfide) groups is 1. The molecule has 1 amide bonds. The van der Waals surface area contributed by atoms with Crippen molar-refractivity contribution < 1.29 is 18.7 Å². The molecule has 0 spiro atoms. The monoisotopic (exact) mass is 475 g/mol. The summed E-state index contributed by atoms with van der Waals surface area (Å²) in [6.45, 7) is 10.7. The van der Waals surface area contributed by atoms with Crippen LogP contribution in [0.2, 0.25) is 0 Å². The van der Waals surface area contributed by atoms with Gasteiger partial charge in [0.2, 0.25) is 11.8 Å². The third-order valence-electron chi connectivity index (χ3n) is 5.91. The Balaban J connectivity index is 1.40. The van der Waals surface area contributed by atoms with Gasteiger partial charge in [0.1, 0.15) is 5.76 Å². The molecule has 2 heterocycles. The van der Waals surface area contributed by atoms with Gasteiger partial charge in [-0.1, -0.05) is 13.8 Å². The predicted octanol–water partition coefficient (Wildman–Crippen LogP) is 4.38. The molecule has 7 nitrogen and oxygen atoms in total. The van der Waals surface area contributed by atoms with Gasteiger partial charge in [0, 0.05) is 31.0 Å². The Labute approximate surface area is 201 Å². The van der Waals surface area contributed by atoms with Gasteiger partial charge in [-0.15, -0.1) is 11.8 Å². The van der Waals surface area contributed by atoms with Crippen molar-refractivity contribution in [3.63, 3.8) is 0 Å². The zero-order chi connectivity index (χ0) is 23.8. The molecule has 0 aliphatic carbocycles. The van der Waals surface area contributed by atoms with Crippen LogP contribution in [0.5, 0.6) is 11.5 Å². The molecule has 0 bridgehead atoms. The Hall–Kier alpha value is -2.19. The summed E-state index contributed by atoms with van der Waals surface area (Å²) in [5, 5.41) is 3.04. The van der Waals surface area contributed by atoms with Gasteiger partial charge in [0.15, 0.2) is 11.5 Å². The average Bonchev–Trinajstić information content (AvgIpc) is 3.16. The molecule has 2 atom stereocenters. The number of methoxy groups -OCH3 is 2. The molecule has 1 aliphatic rings. The van der Waals surface area contributed by atoms with Crippen molar-refractivity contribution in [2.75, 3.05) is 46.2 Å². The highest BCUT2D eigenvalue weighted by atomic mass is 32.2. The molecule has 0 radical (unpaired) electrons. The zero-order valence-corrected chi connectivity index (χ0v) is 21.3. The quantitative estimate of drug-likeness (QED) is 0.483. The lowest BCUT2D eigenvalue weighted by molar-refractivity contribution is -0.118. The molecular weight excluding hydrogens is 438 g/mol. The number of aryl methyl sites for hydroxylation is 1. The number of carbonyl (C=O) groups excluding carboxylic acids is 1. The van der Waals surface area contributed by atoms with Crippen LogP contribution in [-0.4, -0.2) is 61.9 Å². The van der Waals surface area contributed by atoms with E-state index in [-0.39, 0.29) is 5.91 Å². The molecule has 33 heavy (non-hydrogen) atoms. The Morgan fingerprint density at radius 2 is 1.94 bits per heavy atom. The number of likely N-dealkylation sites (tertiary alicyclic amines) is 1. The number of aromatic nitrogens is 1. The standard InChI is InChI=1S/C25H37N3O4S/c1-17-11-18(2)14-28(13-17)10-6-9-26-24(29)16-33-15-21-19(3)32-25(27-21)20-7-8-22(30-4)23(12-20)31-5/h7-8,12,17-18H,6,9-11,13-16H2,1-5H3,(H,26,29). The normalized spacial score (nSPS) is 18.8. The smallest absolute Gasteiger partial charge is 0.230 e. The largest absolute Gasteiger partial charge is 0.493 e. The van der Waals surface area contributed by atoms with Crippen LogP contribution in [0.1, 0.15) is 38.1 Å². The minimum atomic E-state index is 0.0710. The van der Waals surface area contributed by atoms with Crippen LogP contribution in [-0.2, 0) is 10.5 Å². The average molecular weight is 476 g/mol. The third-order valence-corrected chi connectivity index (χ3v) is 6.86. The molecule has 0 saturated carbocycles. The van der Waals surface area contributed by atoms with E-state index in [0.29, 0.717) is 28.9 Å². The second-order valence-electron chi connectivity index (χ2n) is 8.99. The summed E-state index contributed by atoms with van der Waals surface area (Å²) >= 11 is 1.55. The van der Waals surface area contributed by atoms with Crippen LogP contribution >= 0.6 is 11.8 Å². The molecule has 182 valence electrons. The van der Waals surface area contributed by atoms with Gasteiger partial charge in [-0.25, -0.2) is 4.98 Å². The van der Waals surface area contributed by atoms with E-state index in [1.807, 2.05) is 25.1 Å². The number of amides is 1. The van der Waals surface area contributed by atoms with E-state index >= 15 is 0 Å². The van der Waals surface area contributed by atoms with Crippen LogP contribution in [0.25, 0.3) is 11.5 Å². The lowest BCUT2D eigenvalue weighted by Gasteiger charge is -2.34. The van der Waals surface area contributed by atoms with Crippen molar-refractivity contribution >= 4 is 17.7 Å². The van der Waals surface area contributed by atoms with Gasteiger partial charge in [0.05, 0.1) is 25.7 Å². The van der Waals surface area contributed by atoms with Gasteiger partial charge < -0.3 is 24.1 Å². The summed E-state index contributed by atoms with van der Waals surface area (Å²) in [5.41, 5.74) is 1.67. The van der Waals surface area contributed by atoms with Gasteiger partial charge in [0.25, 0.3) is 0 Å². The summed E-state index contributed by atoms with van der Waals surface area (Å²) in [4.78, 5) is 19.4. The first-order chi connectivity index (χ1) is 15.9. The highest BCUT2D eigenvalue weighted by molar-refractivity contribution is 7.99. The molecule has 2 unspecified atom stereocenters. The first-order valence-electron chi connectivity index (χ1n) is 11.6. The van der Waals surface area contributed by atoms with E-state index in [2.05, 4.69) is 29.0 Å². The second-order valence-corrected chi connectivity index (χ2v) is 9.98. The van der Waals surface area contributed by atoms with E-state index in [4.69, 9.17) is 13.9 Å². The summed E-state index contributed by atoms with van der Waals surface area (Å²) < 4.78 is 16.5. The first kappa shape index (κ1) is 25.4. The summed E-state index contributed by atoms with van der Waals surface area (Å²) in [5.74, 6) is 5.23. The lowest BCUT2D eigenvalue weighted by atomic mass is 9.92. The summed E-state index contributed by atoms with van der Waals surface area (Å²) in [7, 11) is 3.21. The Kier molecular flexibility index (Phi) is 9.50. The van der Waals surface area contributed by atoms with Gasteiger partial charge in [-0.3, -0.25) is 4.79 Å². The number of ether oxygens (including phenoxy) is 2. The molecule has 2 aromatic rings. The van der Waals surface area contributed by atoms with Gasteiger partial charge in [-0.05, 0) is 56.3 Å². The number of oxazole rings is 1. The van der Waals surface area contributed by atoms with E-state index < -0.39 is 0 Å². The van der Waals surface area contributed by atoms with Crippen molar-refractivity contribution in [1.29, 1.82) is 0 Å². The number of piperidine rings is 1. The third kappa shape index (κ3) is 7.40. The highest BCUT2D eigenvalue weighted by Crippen LogP contribution is 2.33. The Morgan fingerprint density at radius 3 is 2.64 bits per heavy atom. The van der Waals surface area contributed by atoms with Crippen LogP contribution in [0.15, 0.2) is 22.6 Å². The number of hydrogen-bond acceptors (Lipinski definition) is 7. The molecule has 1 aromatic heterocycles. The summed E-state index contributed by atoms with van der Waals surface area (Å²) in [6.07, 6.45) is 2.32. The number of carbonyl (C=O) groups is 1. The molecule has 3 rings (SSSR count). The Morgan fingerprint density at radius 1 is 1.21 bits per heavy atom. The number of rotatable bonds is 11. The first-order valence-corrected chi connectivity index (χ1v) is 12.8. The maximum absolute atomic E-state index is 12.2. The van der Waals surface area contributed by atoms with E-state index in [9.17, 15) is 4.79 Å². The van der Waals surface area contributed by atoms with Gasteiger partial charge >= 0.3 is 0 Å². The van der Waals surface area contributed by atoms with Crippen LogP contribution in [0, 0.1) is 18.8 Å². The maximum atomic E-state index is 12.2. The minimum Gasteiger partial charge on any atom is -0.493 e. The van der Waals surface area contributed by atoms with Crippen molar-refractivity contribution in [3.05, 3.63) is 29.7 Å². The fraction of sp³-hybridized carbons (Fsp3) is 0.600. The molecule has 1 aliphatic heterocycles. The number of nitrogens with zero attached hydrogens (tertiary/aromatic N) is 2. The lowest BCUT2D eigenvalue weighted by Crippen LogP contribution is -2.40. The second kappa shape index (κ2) is 12.3. The van der Waals surface area contributed by atoms with Crippen molar-refractivity contribution in [3.8, 4) is 23.0 Å². The van der Waals surface area contributed by atoms with E-state index in [1.54, 1.807) is 26.0 Å². The van der Waals surface area contributed by atoms with Gasteiger partial charge in [-0.2, -0.15) is 0 Å². The fourth-order valence-corrected chi connectivity index (χ4v) is 5.30. The van der Waals surface area contributed by atoms with E-state index in [0.717, 1.165) is 48.4 Å². The maximum Gasteiger partial charge on any atom is 0.230 e. The van der Waals surface area contributed by atoms with Crippen LogP contribution in [0.4, 0.5) is 0 Å². The van der Waals surface area contributed by atoms with E-state index in [1.165, 1.54) is 19.5 Å². The van der Waals surface area contributed by atoms with Crippen LogP contribution in [0.3, 0.4) is 0 Å². The molecule has 1 saturated heterocycles. The summed E-state index contributed by atoms with van der Waals surface area (Å²) in [6, 6.07) is 5.57. The molecule has 8 heteroatoms. The topological polar surface area (TPSA) is 76.8 Å². The number of hydrogen-bond donors (Lipinski definition) is 1. The Bertz CT molecular complexity index is 907. The fourth-order valence-electron chi connectivity index (χ4n) is 4.45. The molecule has 1 N–H and O–H groups in total.